The van der Waals surface area contributed by atoms with Gasteiger partial charge in [-0.25, -0.2) is 0 Å². The zero-order valence-corrected chi connectivity index (χ0v) is 49.1. The van der Waals surface area contributed by atoms with Gasteiger partial charge in [-0.1, -0.05) is 267 Å². The van der Waals surface area contributed by atoms with Crippen molar-refractivity contribution in [2.75, 3.05) is 13.2 Å². The standard InChI is InChI=1S/C68H120O6/c1-4-7-10-13-16-19-22-24-26-28-30-31-32-33-34-35-36-37-38-40-41-43-46-49-52-55-58-61-67(70)73-64-65(63-72-66(69)60-57-54-51-48-45-21-18-15-12-9-6-3)74-68(71)62-59-56-53-50-47-44-42-39-29-27-25-23-20-17-14-11-8-5-2/h15,18,20,22-24,27-30,32-33,65H,4-14,16-17,19,21,25-26,31,34-64H2,1-3H3/b18-15-,23-20-,24-22-,29-27-,30-28-,33-32-. The van der Waals surface area contributed by atoms with Crippen molar-refractivity contribution in [1.82, 2.24) is 0 Å². The molecule has 0 aliphatic rings. The summed E-state index contributed by atoms with van der Waals surface area (Å²) in [5.74, 6) is -0.889. The van der Waals surface area contributed by atoms with Gasteiger partial charge in [0.15, 0.2) is 6.10 Å². The Balaban J connectivity index is 4.25. The Labute approximate surface area is 459 Å². The van der Waals surface area contributed by atoms with E-state index in [9.17, 15) is 14.4 Å². The minimum atomic E-state index is -0.784. The molecule has 0 spiro atoms. The van der Waals surface area contributed by atoms with Gasteiger partial charge in [0.1, 0.15) is 13.2 Å². The number of carbonyl (C=O) groups excluding carboxylic acids is 3. The number of hydrogen-bond acceptors (Lipinski definition) is 6. The normalized spacial score (nSPS) is 12.5. The lowest BCUT2D eigenvalue weighted by atomic mass is 10.0. The molecule has 74 heavy (non-hydrogen) atoms. The zero-order valence-electron chi connectivity index (χ0n) is 49.1. The Kier molecular flexibility index (Phi) is 59.7. The van der Waals surface area contributed by atoms with E-state index in [1.807, 2.05) is 0 Å². The maximum atomic E-state index is 12.9. The molecule has 0 aliphatic heterocycles. The van der Waals surface area contributed by atoms with Gasteiger partial charge in [0.05, 0.1) is 0 Å². The van der Waals surface area contributed by atoms with Crippen LogP contribution in [0.15, 0.2) is 72.9 Å². The van der Waals surface area contributed by atoms with Crippen LogP contribution in [0.5, 0.6) is 0 Å². The average Bonchev–Trinajstić information content (AvgIpc) is 3.40. The van der Waals surface area contributed by atoms with Crippen molar-refractivity contribution < 1.29 is 28.6 Å². The van der Waals surface area contributed by atoms with E-state index in [2.05, 4.69) is 93.7 Å². The Morgan fingerprint density at radius 3 is 0.824 bits per heavy atom. The van der Waals surface area contributed by atoms with Crippen molar-refractivity contribution in [3.63, 3.8) is 0 Å². The quantitative estimate of drug-likeness (QED) is 0.0261. The number of rotatable bonds is 58. The first-order valence-corrected chi connectivity index (χ1v) is 31.9. The molecule has 0 aromatic rings. The second kappa shape index (κ2) is 62.4. The summed E-state index contributed by atoms with van der Waals surface area (Å²) in [6.45, 7) is 6.59. The summed E-state index contributed by atoms with van der Waals surface area (Å²) in [6, 6.07) is 0. The molecule has 0 amide bonds. The second-order valence-corrected chi connectivity index (χ2v) is 21.3. The van der Waals surface area contributed by atoms with Crippen LogP contribution in [-0.2, 0) is 28.6 Å². The Morgan fingerprint density at radius 2 is 0.500 bits per heavy atom. The van der Waals surface area contributed by atoms with E-state index >= 15 is 0 Å². The first kappa shape index (κ1) is 70.8. The summed E-state index contributed by atoms with van der Waals surface area (Å²) in [5.41, 5.74) is 0. The van der Waals surface area contributed by atoms with Crippen LogP contribution in [0, 0.1) is 0 Å². The summed E-state index contributed by atoms with van der Waals surface area (Å²) in [4.78, 5) is 38.2. The highest BCUT2D eigenvalue weighted by Gasteiger charge is 2.19. The number of esters is 3. The molecule has 0 aromatic carbocycles. The first-order chi connectivity index (χ1) is 36.5. The van der Waals surface area contributed by atoms with Gasteiger partial charge in [0.2, 0.25) is 0 Å². The van der Waals surface area contributed by atoms with E-state index in [4.69, 9.17) is 14.2 Å². The third-order valence-electron chi connectivity index (χ3n) is 13.9. The van der Waals surface area contributed by atoms with Gasteiger partial charge in [0, 0.05) is 19.3 Å². The second-order valence-electron chi connectivity index (χ2n) is 21.3. The fraction of sp³-hybridized carbons (Fsp3) is 0.779. The SMILES string of the molecule is CCCC/C=C\CCCCCCCC(=O)OCC(COC(=O)CCCCCCCCCCCCCC/C=C\C/C=C\C/C=C\CCCCCCC)OC(=O)CCCCCCCCC/C=C\C/C=C\CCCCCC. The van der Waals surface area contributed by atoms with Crippen LogP contribution >= 0.6 is 0 Å². The van der Waals surface area contributed by atoms with Gasteiger partial charge in [-0.3, -0.25) is 14.4 Å². The van der Waals surface area contributed by atoms with E-state index in [-0.39, 0.29) is 31.1 Å². The van der Waals surface area contributed by atoms with Crippen molar-refractivity contribution >= 4 is 17.9 Å². The number of ether oxygens (including phenoxy) is 3. The van der Waals surface area contributed by atoms with Gasteiger partial charge in [0.25, 0.3) is 0 Å². The maximum Gasteiger partial charge on any atom is 0.306 e. The maximum absolute atomic E-state index is 12.9. The fourth-order valence-corrected chi connectivity index (χ4v) is 9.05. The smallest absolute Gasteiger partial charge is 0.306 e. The number of hydrogen-bond donors (Lipinski definition) is 0. The van der Waals surface area contributed by atoms with Crippen LogP contribution in [0.3, 0.4) is 0 Å². The molecule has 428 valence electrons. The molecule has 0 rings (SSSR count). The Bertz CT molecular complexity index is 1370. The van der Waals surface area contributed by atoms with Gasteiger partial charge in [-0.05, 0) is 109 Å². The molecule has 0 bridgehead atoms. The molecule has 6 heteroatoms. The molecule has 0 heterocycles. The molecule has 6 nitrogen and oxygen atoms in total. The van der Waals surface area contributed by atoms with Crippen LogP contribution < -0.4 is 0 Å². The van der Waals surface area contributed by atoms with E-state index in [1.165, 1.54) is 193 Å². The number of carbonyl (C=O) groups is 3. The topological polar surface area (TPSA) is 78.9 Å². The molecule has 0 N–H and O–H groups in total. The molecule has 0 saturated heterocycles. The predicted molar refractivity (Wildman–Crippen MR) is 321 cm³/mol. The first-order valence-electron chi connectivity index (χ1n) is 31.9. The van der Waals surface area contributed by atoms with Crippen LogP contribution in [0.1, 0.15) is 323 Å². The summed E-state index contributed by atoms with van der Waals surface area (Å²) >= 11 is 0. The Hall–Kier alpha value is -3.15. The van der Waals surface area contributed by atoms with Crippen LogP contribution in [0.4, 0.5) is 0 Å². The molecule has 0 radical (unpaired) electrons. The van der Waals surface area contributed by atoms with Crippen molar-refractivity contribution in [1.29, 1.82) is 0 Å². The lowest BCUT2D eigenvalue weighted by molar-refractivity contribution is -0.167. The molecular weight excluding hydrogens is 913 g/mol. The largest absolute Gasteiger partial charge is 0.462 e. The summed E-state index contributed by atoms with van der Waals surface area (Å²) in [7, 11) is 0. The zero-order chi connectivity index (χ0) is 53.6. The molecule has 0 aromatic heterocycles. The van der Waals surface area contributed by atoms with Crippen molar-refractivity contribution in [2.24, 2.45) is 0 Å². The minimum Gasteiger partial charge on any atom is -0.462 e. The molecule has 1 unspecified atom stereocenters. The van der Waals surface area contributed by atoms with Crippen LogP contribution in [-0.4, -0.2) is 37.2 Å². The van der Waals surface area contributed by atoms with Gasteiger partial charge < -0.3 is 14.2 Å². The lowest BCUT2D eigenvalue weighted by Crippen LogP contribution is -2.30. The average molecular weight is 1030 g/mol. The van der Waals surface area contributed by atoms with Gasteiger partial charge in [-0.2, -0.15) is 0 Å². The summed E-state index contributed by atoms with van der Waals surface area (Å²) in [6.07, 6.45) is 80.5. The molecular formula is C68H120O6. The van der Waals surface area contributed by atoms with E-state index in [0.717, 1.165) is 89.9 Å². The van der Waals surface area contributed by atoms with E-state index in [0.29, 0.717) is 19.3 Å². The third-order valence-corrected chi connectivity index (χ3v) is 13.9. The van der Waals surface area contributed by atoms with Crippen molar-refractivity contribution in [2.45, 2.75) is 329 Å². The molecule has 0 fully saturated rings. The monoisotopic (exact) mass is 1030 g/mol. The molecule has 0 aliphatic carbocycles. The van der Waals surface area contributed by atoms with Crippen molar-refractivity contribution in [3.05, 3.63) is 72.9 Å². The fourth-order valence-electron chi connectivity index (χ4n) is 9.05. The van der Waals surface area contributed by atoms with E-state index < -0.39 is 6.10 Å². The highest BCUT2D eigenvalue weighted by Crippen LogP contribution is 2.16. The lowest BCUT2D eigenvalue weighted by Gasteiger charge is -2.18. The predicted octanol–water partition coefficient (Wildman–Crippen LogP) is 21.7. The minimum absolute atomic E-state index is 0.0809. The summed E-state index contributed by atoms with van der Waals surface area (Å²) < 4.78 is 16.9. The van der Waals surface area contributed by atoms with Crippen LogP contribution in [0.2, 0.25) is 0 Å². The highest BCUT2D eigenvalue weighted by atomic mass is 16.6. The van der Waals surface area contributed by atoms with E-state index in [1.54, 1.807) is 0 Å². The number of unbranched alkanes of at least 4 members (excludes halogenated alkanes) is 35. The van der Waals surface area contributed by atoms with Gasteiger partial charge >= 0.3 is 17.9 Å². The van der Waals surface area contributed by atoms with Gasteiger partial charge in [-0.15, -0.1) is 0 Å². The highest BCUT2D eigenvalue weighted by molar-refractivity contribution is 5.71. The molecule has 1 atom stereocenters. The van der Waals surface area contributed by atoms with Crippen LogP contribution in [0.25, 0.3) is 0 Å². The Morgan fingerprint density at radius 1 is 0.270 bits per heavy atom. The van der Waals surface area contributed by atoms with Crippen molar-refractivity contribution in [3.8, 4) is 0 Å². The molecule has 0 saturated carbocycles. The summed E-state index contributed by atoms with van der Waals surface area (Å²) in [5, 5.41) is 0. The number of allylic oxidation sites excluding steroid dienone is 12. The third kappa shape index (κ3) is 59.7.